The van der Waals surface area contributed by atoms with Crippen molar-refractivity contribution < 1.29 is 14.6 Å². The molecule has 3 aromatic rings. The average molecular weight is 541 g/mol. The molecule has 10 nitrogen and oxygen atoms in total. The number of amides is 1. The molecule has 35 heavy (non-hydrogen) atoms. The van der Waals surface area contributed by atoms with Crippen LogP contribution >= 0.6 is 34.8 Å². The highest BCUT2D eigenvalue weighted by Crippen LogP contribution is 2.40. The highest BCUT2D eigenvalue weighted by molar-refractivity contribution is 6.41. The van der Waals surface area contributed by atoms with Crippen LogP contribution in [0.4, 0.5) is 17.6 Å². The van der Waals surface area contributed by atoms with Crippen LogP contribution in [0.3, 0.4) is 0 Å². The van der Waals surface area contributed by atoms with E-state index in [9.17, 15) is 9.90 Å². The minimum absolute atomic E-state index is 0.00565. The van der Waals surface area contributed by atoms with Crippen molar-refractivity contribution in [2.75, 3.05) is 23.8 Å². The van der Waals surface area contributed by atoms with Gasteiger partial charge in [0.25, 0.3) is 0 Å². The van der Waals surface area contributed by atoms with Crippen LogP contribution in [0.2, 0.25) is 15.1 Å². The molecule has 2 aromatic heterocycles. The van der Waals surface area contributed by atoms with Crippen LogP contribution in [0.5, 0.6) is 0 Å². The number of carbonyl (C=O) groups is 1. The Balaban J connectivity index is 1.54. The number of hydrogen-bond donors (Lipinski definition) is 4. The Bertz CT molecular complexity index is 1240. The predicted molar refractivity (Wildman–Crippen MR) is 135 cm³/mol. The second kappa shape index (κ2) is 9.94. The molecule has 2 aliphatic rings. The normalized spacial score (nSPS) is 24.6. The zero-order valence-corrected chi connectivity index (χ0v) is 20.8. The van der Waals surface area contributed by atoms with E-state index in [0.717, 1.165) is 12.8 Å². The van der Waals surface area contributed by atoms with Crippen molar-refractivity contribution in [1.29, 1.82) is 0 Å². The number of nitrogens with one attached hydrogen (secondary N) is 2. The Morgan fingerprint density at radius 2 is 1.83 bits per heavy atom. The molecule has 2 fully saturated rings. The van der Waals surface area contributed by atoms with Crippen molar-refractivity contribution in [3.8, 4) is 0 Å². The molecule has 5 N–H and O–H groups in total. The Kier molecular flexibility index (Phi) is 6.91. The van der Waals surface area contributed by atoms with E-state index >= 15 is 0 Å². The minimum Gasteiger partial charge on any atom is -0.388 e. The molecule has 1 saturated carbocycles. The summed E-state index contributed by atoms with van der Waals surface area (Å²) in [5.74, 6) is 0.425. The van der Waals surface area contributed by atoms with Crippen molar-refractivity contribution in [2.24, 2.45) is 11.7 Å². The number of nitrogens with two attached hydrogens (primary N) is 1. The van der Waals surface area contributed by atoms with Crippen molar-refractivity contribution >= 4 is 69.5 Å². The van der Waals surface area contributed by atoms with Gasteiger partial charge in [-0.2, -0.15) is 4.98 Å². The van der Waals surface area contributed by atoms with E-state index < -0.39 is 6.10 Å². The molecule has 186 valence electrons. The van der Waals surface area contributed by atoms with E-state index in [0.29, 0.717) is 63.3 Å². The SMILES string of the molecule is NC(=O)[C@H]1CC[C@@H](n2c(Nc3c(Cl)cc(Cl)cc3Cl)nc3cnc(N[C@@H]4COC[C@H]4O)nc32)CC1. The third kappa shape index (κ3) is 4.99. The topological polar surface area (TPSA) is 140 Å². The quantitative estimate of drug-likeness (QED) is 0.369. The first-order chi connectivity index (χ1) is 16.8. The van der Waals surface area contributed by atoms with Gasteiger partial charge in [-0.05, 0) is 37.8 Å². The van der Waals surface area contributed by atoms with Gasteiger partial charge in [-0.3, -0.25) is 9.36 Å². The van der Waals surface area contributed by atoms with Gasteiger partial charge in [0.2, 0.25) is 17.8 Å². The summed E-state index contributed by atoms with van der Waals surface area (Å²) in [5, 5.41) is 17.6. The van der Waals surface area contributed by atoms with Gasteiger partial charge in [-0.25, -0.2) is 9.97 Å². The predicted octanol–water partition coefficient (Wildman–Crippen LogP) is 3.92. The molecule has 1 saturated heterocycles. The first-order valence-electron chi connectivity index (χ1n) is 11.3. The van der Waals surface area contributed by atoms with Crippen LogP contribution in [0, 0.1) is 5.92 Å². The number of benzene rings is 1. The van der Waals surface area contributed by atoms with Crippen molar-refractivity contribution in [3.63, 3.8) is 0 Å². The van der Waals surface area contributed by atoms with Gasteiger partial charge in [-0.1, -0.05) is 34.8 Å². The fourth-order valence-electron chi connectivity index (χ4n) is 4.63. The standard InChI is InChI=1S/C22H24Cl3N7O3/c23-11-5-13(24)18(14(25)6-11)30-22-29-15-7-27-21(28-16-8-35-9-17(16)33)31-20(15)32(22)12-3-1-10(2-4-12)19(26)34/h5-7,10,12,16-17,33H,1-4,8-9H2,(H2,26,34)(H,29,30)(H,27,28,31)/t10-,12+,16-,17-/m1/s1. The summed E-state index contributed by atoms with van der Waals surface area (Å²) in [7, 11) is 0. The third-order valence-electron chi connectivity index (χ3n) is 6.51. The molecule has 0 spiro atoms. The van der Waals surface area contributed by atoms with Gasteiger partial charge in [0, 0.05) is 17.0 Å². The molecule has 0 unspecified atom stereocenters. The fourth-order valence-corrected chi connectivity index (χ4v) is 5.54. The van der Waals surface area contributed by atoms with Gasteiger partial charge in [-0.15, -0.1) is 0 Å². The summed E-state index contributed by atoms with van der Waals surface area (Å²) >= 11 is 18.9. The van der Waals surface area contributed by atoms with E-state index in [1.54, 1.807) is 18.3 Å². The lowest BCUT2D eigenvalue weighted by atomic mass is 9.85. The van der Waals surface area contributed by atoms with Gasteiger partial charge in [0.1, 0.15) is 5.52 Å². The van der Waals surface area contributed by atoms with Crippen LogP contribution in [0.1, 0.15) is 31.7 Å². The van der Waals surface area contributed by atoms with E-state index in [4.69, 9.17) is 55.2 Å². The van der Waals surface area contributed by atoms with E-state index in [-0.39, 0.29) is 30.5 Å². The molecule has 2 atom stereocenters. The van der Waals surface area contributed by atoms with Crippen LogP contribution in [0.25, 0.3) is 11.2 Å². The Morgan fingerprint density at radius 1 is 1.11 bits per heavy atom. The molecule has 1 aliphatic carbocycles. The molecule has 3 heterocycles. The Labute approximate surface area is 216 Å². The van der Waals surface area contributed by atoms with Crippen LogP contribution in [-0.4, -0.2) is 55.9 Å². The molecular weight excluding hydrogens is 517 g/mol. The molecule has 5 rings (SSSR count). The number of aliphatic hydroxyl groups excluding tert-OH is 1. The maximum atomic E-state index is 11.7. The molecule has 1 amide bonds. The zero-order chi connectivity index (χ0) is 24.7. The van der Waals surface area contributed by atoms with Crippen molar-refractivity contribution in [1.82, 2.24) is 19.5 Å². The van der Waals surface area contributed by atoms with E-state index in [2.05, 4.69) is 15.6 Å². The largest absolute Gasteiger partial charge is 0.388 e. The number of nitrogens with zero attached hydrogens (tertiary/aromatic N) is 4. The average Bonchev–Trinajstić information content (AvgIpc) is 3.38. The fraction of sp³-hybridized carbons (Fsp3) is 0.455. The minimum atomic E-state index is -0.644. The number of aromatic nitrogens is 4. The Morgan fingerprint density at radius 3 is 2.46 bits per heavy atom. The van der Waals surface area contributed by atoms with Crippen molar-refractivity contribution in [2.45, 2.75) is 43.9 Å². The second-order valence-electron chi connectivity index (χ2n) is 8.84. The van der Waals surface area contributed by atoms with Gasteiger partial charge >= 0.3 is 0 Å². The van der Waals surface area contributed by atoms with Gasteiger partial charge in [0.15, 0.2) is 5.65 Å². The van der Waals surface area contributed by atoms with Crippen molar-refractivity contribution in [3.05, 3.63) is 33.4 Å². The monoisotopic (exact) mass is 539 g/mol. The lowest BCUT2D eigenvalue weighted by Crippen LogP contribution is -2.32. The number of fused-ring (bicyclic) bond motifs is 1. The lowest BCUT2D eigenvalue weighted by Gasteiger charge is -2.29. The number of carbonyl (C=O) groups excluding carboxylic acids is 1. The number of hydrogen-bond acceptors (Lipinski definition) is 8. The van der Waals surface area contributed by atoms with Gasteiger partial charge < -0.3 is 26.2 Å². The molecular formula is C22H24Cl3N7O3. The third-order valence-corrected chi connectivity index (χ3v) is 7.32. The van der Waals surface area contributed by atoms with Crippen LogP contribution < -0.4 is 16.4 Å². The Hall–Kier alpha value is -2.37. The maximum Gasteiger partial charge on any atom is 0.225 e. The van der Waals surface area contributed by atoms with E-state index in [1.165, 1.54) is 0 Å². The number of halogens is 3. The number of imidazole rings is 1. The van der Waals surface area contributed by atoms with Crippen LogP contribution in [0.15, 0.2) is 18.3 Å². The number of primary amides is 1. The zero-order valence-electron chi connectivity index (χ0n) is 18.5. The maximum absolute atomic E-state index is 11.7. The summed E-state index contributed by atoms with van der Waals surface area (Å²) in [6.45, 7) is 0.622. The number of anilines is 3. The summed E-state index contributed by atoms with van der Waals surface area (Å²) in [4.78, 5) is 25.5. The summed E-state index contributed by atoms with van der Waals surface area (Å²) in [6.07, 6.45) is 3.76. The highest BCUT2D eigenvalue weighted by atomic mass is 35.5. The number of aliphatic hydroxyl groups is 1. The first-order valence-corrected chi connectivity index (χ1v) is 12.4. The lowest BCUT2D eigenvalue weighted by molar-refractivity contribution is -0.122. The summed E-state index contributed by atoms with van der Waals surface area (Å²) < 4.78 is 7.30. The second-order valence-corrected chi connectivity index (χ2v) is 10.1. The summed E-state index contributed by atoms with van der Waals surface area (Å²) in [6, 6.07) is 2.89. The molecule has 1 aromatic carbocycles. The first kappa shape index (κ1) is 24.3. The molecule has 1 aliphatic heterocycles. The smallest absolute Gasteiger partial charge is 0.225 e. The molecule has 0 radical (unpaired) electrons. The summed E-state index contributed by atoms with van der Waals surface area (Å²) in [5.41, 5.74) is 7.18. The molecule has 13 heteroatoms. The van der Waals surface area contributed by atoms with Gasteiger partial charge in [0.05, 0.1) is 47.3 Å². The molecule has 0 bridgehead atoms. The number of ether oxygens (including phenoxy) is 1. The van der Waals surface area contributed by atoms with E-state index in [1.807, 2.05) is 4.57 Å². The number of rotatable bonds is 6. The highest BCUT2D eigenvalue weighted by Gasteiger charge is 2.30. The van der Waals surface area contributed by atoms with Crippen LogP contribution in [-0.2, 0) is 9.53 Å².